The second kappa shape index (κ2) is 5.58. The predicted molar refractivity (Wildman–Crippen MR) is 73.7 cm³/mol. The zero-order valence-corrected chi connectivity index (χ0v) is 11.0. The lowest BCUT2D eigenvalue weighted by Gasteiger charge is -2.11. The summed E-state index contributed by atoms with van der Waals surface area (Å²) in [5.74, 6) is 0. The number of aliphatic hydroxyl groups is 1. The van der Waals surface area contributed by atoms with E-state index < -0.39 is 6.10 Å². The van der Waals surface area contributed by atoms with Crippen molar-refractivity contribution in [3.63, 3.8) is 0 Å². The predicted octanol–water partition coefficient (Wildman–Crippen LogP) is 4.14. The first-order valence-corrected chi connectivity index (χ1v) is 6.88. The Morgan fingerprint density at radius 1 is 0.941 bits per heavy atom. The summed E-state index contributed by atoms with van der Waals surface area (Å²) < 4.78 is 0. The van der Waals surface area contributed by atoms with Gasteiger partial charge in [-0.05, 0) is 41.6 Å². The fraction of sp³-hybridized carbons (Fsp3) is 0.143. The van der Waals surface area contributed by atoms with Crippen molar-refractivity contribution >= 4 is 23.4 Å². The van der Waals surface area contributed by atoms with Crippen molar-refractivity contribution in [2.24, 2.45) is 0 Å². The van der Waals surface area contributed by atoms with E-state index in [9.17, 15) is 5.11 Å². The van der Waals surface area contributed by atoms with Gasteiger partial charge >= 0.3 is 0 Å². The standard InChI is InChI=1S/C14H13ClOS/c1-17-13-8-4-11(5-9-13)14(16)10-2-6-12(15)7-3-10/h2-9,14,16H,1H3/t14-/m1/s1. The number of hydrogen-bond donors (Lipinski definition) is 1. The minimum absolute atomic E-state index is 0.594. The van der Waals surface area contributed by atoms with Crippen LogP contribution in [0.4, 0.5) is 0 Å². The molecule has 17 heavy (non-hydrogen) atoms. The molecule has 3 heteroatoms. The molecular weight excluding hydrogens is 252 g/mol. The first kappa shape index (κ1) is 12.5. The summed E-state index contributed by atoms with van der Waals surface area (Å²) in [7, 11) is 0. The van der Waals surface area contributed by atoms with Crippen LogP contribution in [0.15, 0.2) is 53.4 Å². The molecule has 0 fully saturated rings. The number of rotatable bonds is 3. The maximum absolute atomic E-state index is 10.2. The molecule has 0 spiro atoms. The van der Waals surface area contributed by atoms with Crippen LogP contribution in [-0.4, -0.2) is 11.4 Å². The highest BCUT2D eigenvalue weighted by Crippen LogP contribution is 2.25. The van der Waals surface area contributed by atoms with Crippen LogP contribution in [0.2, 0.25) is 5.02 Å². The molecule has 2 rings (SSSR count). The number of aliphatic hydroxyl groups excluding tert-OH is 1. The van der Waals surface area contributed by atoms with Gasteiger partial charge < -0.3 is 5.11 Å². The van der Waals surface area contributed by atoms with Crippen LogP contribution >= 0.6 is 23.4 Å². The lowest BCUT2D eigenvalue weighted by molar-refractivity contribution is 0.220. The Balaban J connectivity index is 2.23. The Morgan fingerprint density at radius 2 is 1.41 bits per heavy atom. The average molecular weight is 265 g/mol. The minimum Gasteiger partial charge on any atom is -0.384 e. The third-order valence-corrected chi connectivity index (χ3v) is 3.61. The maximum atomic E-state index is 10.2. The van der Waals surface area contributed by atoms with Gasteiger partial charge in [0.2, 0.25) is 0 Å². The van der Waals surface area contributed by atoms with Crippen molar-refractivity contribution in [2.75, 3.05) is 6.26 Å². The van der Waals surface area contributed by atoms with E-state index in [4.69, 9.17) is 11.6 Å². The van der Waals surface area contributed by atoms with Crippen molar-refractivity contribution < 1.29 is 5.11 Å². The summed E-state index contributed by atoms with van der Waals surface area (Å²) >= 11 is 7.51. The van der Waals surface area contributed by atoms with Gasteiger partial charge in [-0.15, -0.1) is 11.8 Å². The third-order valence-electron chi connectivity index (χ3n) is 2.62. The monoisotopic (exact) mass is 264 g/mol. The van der Waals surface area contributed by atoms with Crippen molar-refractivity contribution in [2.45, 2.75) is 11.0 Å². The molecule has 2 aromatic carbocycles. The van der Waals surface area contributed by atoms with Crippen LogP contribution in [0, 0.1) is 0 Å². The Labute approximate surface area is 110 Å². The first-order valence-electron chi connectivity index (χ1n) is 5.28. The summed E-state index contributed by atoms with van der Waals surface area (Å²) in [5, 5.41) is 10.9. The zero-order chi connectivity index (χ0) is 12.3. The van der Waals surface area contributed by atoms with Crippen molar-refractivity contribution in [1.29, 1.82) is 0 Å². The van der Waals surface area contributed by atoms with Gasteiger partial charge in [0.15, 0.2) is 0 Å². The molecule has 0 amide bonds. The Hall–Kier alpha value is -0.960. The normalized spacial score (nSPS) is 12.4. The highest BCUT2D eigenvalue weighted by molar-refractivity contribution is 7.98. The van der Waals surface area contributed by atoms with Crippen LogP contribution in [0.5, 0.6) is 0 Å². The van der Waals surface area contributed by atoms with Gasteiger partial charge in [-0.25, -0.2) is 0 Å². The molecule has 1 atom stereocenters. The molecular formula is C14H13ClOS. The van der Waals surface area contributed by atoms with Crippen LogP contribution in [0.25, 0.3) is 0 Å². The van der Waals surface area contributed by atoms with Crippen LogP contribution < -0.4 is 0 Å². The second-order valence-corrected chi connectivity index (χ2v) is 5.04. The first-order chi connectivity index (χ1) is 8.20. The molecule has 0 aromatic heterocycles. The fourth-order valence-electron chi connectivity index (χ4n) is 1.62. The van der Waals surface area contributed by atoms with Crippen LogP contribution in [0.1, 0.15) is 17.2 Å². The molecule has 1 nitrogen and oxygen atoms in total. The topological polar surface area (TPSA) is 20.2 Å². The van der Waals surface area contributed by atoms with E-state index in [1.807, 2.05) is 42.7 Å². The van der Waals surface area contributed by atoms with Gasteiger partial charge in [-0.3, -0.25) is 0 Å². The summed E-state index contributed by atoms with van der Waals surface area (Å²) in [4.78, 5) is 1.19. The Kier molecular flexibility index (Phi) is 4.11. The minimum atomic E-state index is -0.594. The number of halogens is 1. The molecule has 0 aliphatic rings. The zero-order valence-electron chi connectivity index (χ0n) is 9.43. The van der Waals surface area contributed by atoms with E-state index in [2.05, 4.69) is 0 Å². The summed E-state index contributed by atoms with van der Waals surface area (Å²) in [6.45, 7) is 0. The molecule has 0 radical (unpaired) electrons. The van der Waals surface area contributed by atoms with Crippen LogP contribution in [-0.2, 0) is 0 Å². The number of benzene rings is 2. The van der Waals surface area contributed by atoms with Gasteiger partial charge in [-0.1, -0.05) is 35.9 Å². The third kappa shape index (κ3) is 3.03. The van der Waals surface area contributed by atoms with E-state index in [-0.39, 0.29) is 0 Å². The molecule has 0 aliphatic heterocycles. The summed E-state index contributed by atoms with van der Waals surface area (Å²) in [5.41, 5.74) is 1.75. The number of thioether (sulfide) groups is 1. The smallest absolute Gasteiger partial charge is 0.104 e. The molecule has 1 N–H and O–H groups in total. The van der Waals surface area contributed by atoms with Gasteiger partial charge in [0.1, 0.15) is 6.10 Å². The van der Waals surface area contributed by atoms with E-state index in [0.29, 0.717) is 5.02 Å². The van der Waals surface area contributed by atoms with Crippen LogP contribution in [0.3, 0.4) is 0 Å². The molecule has 0 saturated carbocycles. The van der Waals surface area contributed by atoms with E-state index in [1.54, 1.807) is 23.9 Å². The molecule has 0 bridgehead atoms. The van der Waals surface area contributed by atoms with E-state index >= 15 is 0 Å². The van der Waals surface area contributed by atoms with Gasteiger partial charge in [0.25, 0.3) is 0 Å². The van der Waals surface area contributed by atoms with Gasteiger partial charge in [-0.2, -0.15) is 0 Å². The van der Waals surface area contributed by atoms with E-state index in [0.717, 1.165) is 11.1 Å². The van der Waals surface area contributed by atoms with E-state index in [1.165, 1.54) is 4.90 Å². The molecule has 2 aromatic rings. The molecule has 0 saturated heterocycles. The quantitative estimate of drug-likeness (QED) is 0.841. The second-order valence-electron chi connectivity index (χ2n) is 3.73. The Morgan fingerprint density at radius 3 is 1.88 bits per heavy atom. The lowest BCUT2D eigenvalue weighted by atomic mass is 10.0. The Bertz CT molecular complexity index is 479. The van der Waals surface area contributed by atoms with Crippen molar-refractivity contribution in [3.05, 3.63) is 64.7 Å². The maximum Gasteiger partial charge on any atom is 0.104 e. The SMILES string of the molecule is CSc1ccc([C@H](O)c2ccc(Cl)cc2)cc1. The average Bonchev–Trinajstić information content (AvgIpc) is 2.39. The molecule has 0 unspecified atom stereocenters. The van der Waals surface area contributed by atoms with Crippen molar-refractivity contribution in [3.8, 4) is 0 Å². The molecule has 0 aliphatic carbocycles. The summed E-state index contributed by atoms with van der Waals surface area (Å²) in [6.07, 6.45) is 1.44. The molecule has 88 valence electrons. The van der Waals surface area contributed by atoms with Gasteiger partial charge in [0, 0.05) is 9.92 Å². The number of hydrogen-bond acceptors (Lipinski definition) is 2. The lowest BCUT2D eigenvalue weighted by Crippen LogP contribution is -1.98. The largest absolute Gasteiger partial charge is 0.384 e. The van der Waals surface area contributed by atoms with Gasteiger partial charge in [0.05, 0.1) is 0 Å². The highest BCUT2D eigenvalue weighted by atomic mass is 35.5. The fourth-order valence-corrected chi connectivity index (χ4v) is 2.16. The molecule has 0 heterocycles. The highest BCUT2D eigenvalue weighted by Gasteiger charge is 2.09. The van der Waals surface area contributed by atoms with Crippen molar-refractivity contribution in [1.82, 2.24) is 0 Å². The summed E-state index contributed by atoms with van der Waals surface area (Å²) in [6, 6.07) is 15.2.